The molecule has 2 aliphatic rings. The molecule has 1 aromatic heterocycles. The smallest absolute Gasteiger partial charge is 0.410 e. The van der Waals surface area contributed by atoms with Crippen molar-refractivity contribution in [1.82, 2.24) is 14.7 Å². The van der Waals surface area contributed by atoms with Crippen molar-refractivity contribution >= 4 is 22.0 Å². The molecule has 0 spiro atoms. The molecule has 0 N–H and O–H groups in total. The molecule has 3 rings (SSSR count). The Morgan fingerprint density at radius 1 is 1.33 bits per heavy atom. The van der Waals surface area contributed by atoms with E-state index in [1.165, 1.54) is 18.5 Å². The first-order valence-corrected chi connectivity index (χ1v) is 9.58. The topological polar surface area (TPSA) is 47.4 Å². The lowest BCUT2D eigenvalue weighted by atomic mass is 9.72. The monoisotopic (exact) mass is 397 g/mol. The standard InChI is InChI=1S/C18H28BrN3O2/c1-17(2,3)24-16(23)21-9-8-13(18(4,5)11-21)15-14(19)10-20-22(15)12-6-7-12/h10,12-13H,6-9,11H2,1-5H3. The number of carbonyl (C=O) groups is 1. The minimum Gasteiger partial charge on any atom is -0.444 e. The molecule has 1 atom stereocenters. The average molecular weight is 398 g/mol. The van der Waals surface area contributed by atoms with Gasteiger partial charge in [-0.15, -0.1) is 0 Å². The van der Waals surface area contributed by atoms with E-state index >= 15 is 0 Å². The summed E-state index contributed by atoms with van der Waals surface area (Å²) >= 11 is 3.70. The summed E-state index contributed by atoms with van der Waals surface area (Å²) in [5, 5.41) is 4.59. The van der Waals surface area contributed by atoms with Gasteiger partial charge in [0.1, 0.15) is 5.60 Å². The third-order valence-electron chi connectivity index (χ3n) is 4.89. The molecule has 0 bridgehead atoms. The zero-order valence-electron chi connectivity index (χ0n) is 15.3. The number of carbonyl (C=O) groups excluding carboxylic acids is 1. The summed E-state index contributed by atoms with van der Waals surface area (Å²) in [4.78, 5) is 14.3. The lowest BCUT2D eigenvalue weighted by Crippen LogP contribution is -2.49. The van der Waals surface area contributed by atoms with Gasteiger partial charge in [0.05, 0.1) is 22.4 Å². The predicted molar refractivity (Wildman–Crippen MR) is 97.1 cm³/mol. The average Bonchev–Trinajstić information content (AvgIpc) is 3.20. The van der Waals surface area contributed by atoms with Crippen molar-refractivity contribution in [3.63, 3.8) is 0 Å². The Balaban J connectivity index is 1.77. The van der Waals surface area contributed by atoms with Gasteiger partial charge in [-0.25, -0.2) is 4.79 Å². The van der Waals surface area contributed by atoms with E-state index in [0.717, 1.165) is 17.4 Å². The SMILES string of the molecule is CC(C)(C)OC(=O)N1CCC(c2c(Br)cnn2C2CC2)C(C)(C)C1. The number of ether oxygens (including phenoxy) is 1. The number of hydrogen-bond donors (Lipinski definition) is 0. The summed E-state index contributed by atoms with van der Waals surface area (Å²) in [7, 11) is 0. The van der Waals surface area contributed by atoms with Gasteiger partial charge in [-0.2, -0.15) is 5.10 Å². The van der Waals surface area contributed by atoms with Crippen LogP contribution in [0.4, 0.5) is 4.79 Å². The highest BCUT2D eigenvalue weighted by Gasteiger charge is 2.43. The largest absolute Gasteiger partial charge is 0.444 e. The van der Waals surface area contributed by atoms with E-state index in [1.807, 2.05) is 31.9 Å². The van der Waals surface area contributed by atoms with Crippen LogP contribution in [0, 0.1) is 5.41 Å². The normalized spacial score (nSPS) is 24.1. The molecule has 1 aliphatic heterocycles. The molecule has 24 heavy (non-hydrogen) atoms. The molecule has 1 aromatic rings. The van der Waals surface area contributed by atoms with Crippen molar-refractivity contribution in [3.05, 3.63) is 16.4 Å². The van der Waals surface area contributed by atoms with Crippen LogP contribution in [0.2, 0.25) is 0 Å². The first-order chi connectivity index (χ1) is 11.1. The fourth-order valence-electron chi connectivity index (χ4n) is 3.63. The maximum Gasteiger partial charge on any atom is 0.410 e. The van der Waals surface area contributed by atoms with Gasteiger partial charge in [-0.05, 0) is 61.4 Å². The second kappa shape index (κ2) is 6.04. The Morgan fingerprint density at radius 2 is 2.00 bits per heavy atom. The van der Waals surface area contributed by atoms with Gasteiger partial charge in [0.2, 0.25) is 0 Å². The zero-order chi connectivity index (χ0) is 17.7. The number of amides is 1. The lowest BCUT2D eigenvalue weighted by Gasteiger charge is -2.44. The Bertz CT molecular complexity index is 629. The van der Waals surface area contributed by atoms with E-state index in [2.05, 4.69) is 39.6 Å². The molecule has 0 radical (unpaired) electrons. The Hall–Kier alpha value is -1.04. The van der Waals surface area contributed by atoms with Gasteiger partial charge < -0.3 is 9.64 Å². The summed E-state index contributed by atoms with van der Waals surface area (Å²) in [6.07, 6.45) is 5.09. The molecule has 1 saturated carbocycles. The van der Waals surface area contributed by atoms with Crippen molar-refractivity contribution in [3.8, 4) is 0 Å². The van der Waals surface area contributed by atoms with E-state index in [9.17, 15) is 4.79 Å². The van der Waals surface area contributed by atoms with Crippen molar-refractivity contribution in [2.75, 3.05) is 13.1 Å². The lowest BCUT2D eigenvalue weighted by molar-refractivity contribution is 0.00409. The van der Waals surface area contributed by atoms with Gasteiger partial charge >= 0.3 is 6.09 Å². The minimum absolute atomic E-state index is 0.0235. The molecule has 1 amide bonds. The molecule has 1 saturated heterocycles. The Kier molecular flexibility index (Phi) is 4.47. The first-order valence-electron chi connectivity index (χ1n) is 8.79. The number of halogens is 1. The van der Waals surface area contributed by atoms with Crippen LogP contribution in [0.1, 0.15) is 71.5 Å². The van der Waals surface area contributed by atoms with E-state index in [0.29, 0.717) is 18.5 Å². The fourth-order valence-corrected chi connectivity index (χ4v) is 4.18. The maximum absolute atomic E-state index is 12.4. The molecular weight excluding hydrogens is 370 g/mol. The van der Waals surface area contributed by atoms with E-state index < -0.39 is 5.60 Å². The number of piperidine rings is 1. The van der Waals surface area contributed by atoms with Gasteiger partial charge in [-0.3, -0.25) is 4.68 Å². The minimum atomic E-state index is -0.453. The fraction of sp³-hybridized carbons (Fsp3) is 0.778. The molecule has 2 fully saturated rings. The van der Waals surface area contributed by atoms with Crippen LogP contribution >= 0.6 is 15.9 Å². The zero-order valence-corrected chi connectivity index (χ0v) is 16.9. The van der Waals surface area contributed by atoms with Crippen molar-refractivity contribution in [2.45, 2.75) is 71.4 Å². The van der Waals surface area contributed by atoms with Crippen molar-refractivity contribution in [1.29, 1.82) is 0 Å². The van der Waals surface area contributed by atoms with E-state index in [-0.39, 0.29) is 11.5 Å². The highest BCUT2D eigenvalue weighted by Crippen LogP contribution is 2.47. The highest BCUT2D eigenvalue weighted by atomic mass is 79.9. The van der Waals surface area contributed by atoms with Gasteiger partial charge in [0.25, 0.3) is 0 Å². The quantitative estimate of drug-likeness (QED) is 0.724. The summed E-state index contributed by atoms with van der Waals surface area (Å²) in [6.45, 7) is 11.6. The van der Waals surface area contributed by atoms with E-state index in [4.69, 9.17) is 4.74 Å². The number of aromatic nitrogens is 2. The number of hydrogen-bond acceptors (Lipinski definition) is 3. The molecule has 2 heterocycles. The molecule has 1 aliphatic carbocycles. The van der Waals surface area contributed by atoms with Crippen LogP contribution in [0.25, 0.3) is 0 Å². The Labute approximate surface area is 152 Å². The summed E-state index contributed by atoms with van der Waals surface area (Å²) in [5.41, 5.74) is 0.821. The number of rotatable bonds is 2. The molecule has 6 heteroatoms. The summed E-state index contributed by atoms with van der Waals surface area (Å²) < 4.78 is 8.86. The Morgan fingerprint density at radius 3 is 2.54 bits per heavy atom. The van der Waals surface area contributed by atoms with Gasteiger partial charge in [0, 0.05) is 19.0 Å². The maximum atomic E-state index is 12.4. The van der Waals surface area contributed by atoms with Crippen LogP contribution in [-0.4, -0.2) is 39.5 Å². The van der Waals surface area contributed by atoms with Crippen LogP contribution in [0.15, 0.2) is 10.7 Å². The van der Waals surface area contributed by atoms with Crippen LogP contribution < -0.4 is 0 Å². The first kappa shape index (κ1) is 17.8. The second-order valence-electron chi connectivity index (χ2n) is 8.79. The molecule has 0 aromatic carbocycles. The number of nitrogens with zero attached hydrogens (tertiary/aromatic N) is 3. The highest BCUT2D eigenvalue weighted by molar-refractivity contribution is 9.10. The summed E-state index contributed by atoms with van der Waals surface area (Å²) in [5.74, 6) is 0.383. The van der Waals surface area contributed by atoms with Crippen molar-refractivity contribution < 1.29 is 9.53 Å². The molecule has 134 valence electrons. The second-order valence-corrected chi connectivity index (χ2v) is 9.64. The number of likely N-dealkylation sites (tertiary alicyclic amines) is 1. The van der Waals surface area contributed by atoms with Crippen LogP contribution in [0.3, 0.4) is 0 Å². The summed E-state index contributed by atoms with van der Waals surface area (Å²) in [6, 6.07) is 0.561. The van der Waals surface area contributed by atoms with E-state index in [1.54, 1.807) is 0 Å². The van der Waals surface area contributed by atoms with Crippen molar-refractivity contribution in [2.24, 2.45) is 5.41 Å². The molecule has 1 unspecified atom stereocenters. The van der Waals surface area contributed by atoms with Crippen LogP contribution in [0.5, 0.6) is 0 Å². The van der Waals surface area contributed by atoms with Crippen LogP contribution in [-0.2, 0) is 4.74 Å². The molecular formula is C18H28BrN3O2. The predicted octanol–water partition coefficient (Wildman–Crippen LogP) is 4.73. The third-order valence-corrected chi connectivity index (χ3v) is 5.50. The van der Waals surface area contributed by atoms with Gasteiger partial charge in [0.15, 0.2) is 0 Å². The third kappa shape index (κ3) is 3.63. The molecule has 5 nitrogen and oxygen atoms in total. The van der Waals surface area contributed by atoms with Gasteiger partial charge in [-0.1, -0.05) is 13.8 Å².